The Morgan fingerprint density at radius 2 is 2.00 bits per heavy atom. The van der Waals surface area contributed by atoms with E-state index in [4.69, 9.17) is 5.73 Å². The molecule has 0 fully saturated rings. The summed E-state index contributed by atoms with van der Waals surface area (Å²) in [7, 11) is 0. The molecule has 0 heterocycles. The van der Waals surface area contributed by atoms with Crippen LogP contribution in [0.25, 0.3) is 0 Å². The molecule has 0 saturated carbocycles. The molecular formula is C14H16N2O2. The first-order chi connectivity index (χ1) is 8.44. The Labute approximate surface area is 106 Å². The van der Waals surface area contributed by atoms with Crippen molar-refractivity contribution in [3.63, 3.8) is 0 Å². The zero-order valence-corrected chi connectivity index (χ0v) is 10.5. The van der Waals surface area contributed by atoms with Gasteiger partial charge in [-0.3, -0.25) is 15.8 Å². The van der Waals surface area contributed by atoms with Gasteiger partial charge in [0.05, 0.1) is 4.92 Å². The quantitative estimate of drug-likeness (QED) is 0.376. The van der Waals surface area contributed by atoms with Crippen LogP contribution in [-0.4, -0.2) is 10.6 Å². The second-order valence-electron chi connectivity index (χ2n) is 4.73. The number of nitrogens with zero attached hydrogens (tertiary/aromatic N) is 1. The molecule has 2 N–H and O–H groups in total. The Morgan fingerprint density at radius 1 is 1.33 bits per heavy atom. The number of hydrogen-bond donors (Lipinski definition) is 1. The number of hydrogen-bond acceptors (Lipinski definition) is 3. The van der Waals surface area contributed by atoms with Gasteiger partial charge in [0.2, 0.25) is 0 Å². The summed E-state index contributed by atoms with van der Waals surface area (Å²) < 4.78 is 0. The first-order valence-corrected chi connectivity index (χ1v) is 5.81. The molecule has 0 radical (unpaired) electrons. The summed E-state index contributed by atoms with van der Waals surface area (Å²) in [5, 5.41) is 10.9. The molecule has 2 atom stereocenters. The minimum absolute atomic E-state index is 0.0721. The van der Waals surface area contributed by atoms with Crippen molar-refractivity contribution in [1.82, 2.24) is 0 Å². The monoisotopic (exact) mass is 244 g/mol. The summed E-state index contributed by atoms with van der Waals surface area (Å²) in [5.41, 5.74) is 7.38. The van der Waals surface area contributed by atoms with Crippen molar-refractivity contribution in [2.45, 2.75) is 25.4 Å². The summed E-state index contributed by atoms with van der Waals surface area (Å²) >= 11 is 0. The molecule has 94 valence electrons. The fourth-order valence-electron chi connectivity index (χ4n) is 2.30. The van der Waals surface area contributed by atoms with Crippen molar-refractivity contribution in [1.29, 1.82) is 0 Å². The van der Waals surface area contributed by atoms with Gasteiger partial charge in [0.1, 0.15) is 0 Å². The van der Waals surface area contributed by atoms with Gasteiger partial charge in [0.15, 0.2) is 0 Å². The molecule has 1 aliphatic carbocycles. The molecule has 1 aliphatic rings. The highest BCUT2D eigenvalue weighted by Gasteiger charge is 2.36. The molecule has 2 rings (SSSR count). The molecule has 4 nitrogen and oxygen atoms in total. The van der Waals surface area contributed by atoms with E-state index in [2.05, 4.69) is 0 Å². The van der Waals surface area contributed by atoms with E-state index in [-0.39, 0.29) is 5.92 Å². The summed E-state index contributed by atoms with van der Waals surface area (Å²) in [5.74, 6) is 0.0721. The molecule has 0 bridgehead atoms. The van der Waals surface area contributed by atoms with E-state index in [1.807, 2.05) is 44.2 Å². The van der Waals surface area contributed by atoms with E-state index in [1.165, 1.54) is 17.7 Å². The Bertz CT molecular complexity index is 548. The van der Waals surface area contributed by atoms with Crippen LogP contribution in [-0.2, 0) is 0 Å². The number of benzene rings is 1. The Hall–Kier alpha value is -1.94. The highest BCUT2D eigenvalue weighted by atomic mass is 16.6. The lowest BCUT2D eigenvalue weighted by Crippen LogP contribution is -2.45. The lowest BCUT2D eigenvalue weighted by atomic mass is 9.83. The van der Waals surface area contributed by atoms with Gasteiger partial charge < -0.3 is 0 Å². The van der Waals surface area contributed by atoms with Crippen LogP contribution in [0.1, 0.15) is 24.0 Å². The SMILES string of the molecule is CC1=CC(N)([N+](=O)[O-])C=CC1c1ccccc1C. The Balaban J connectivity index is 2.39. The highest BCUT2D eigenvalue weighted by Crippen LogP contribution is 2.33. The van der Waals surface area contributed by atoms with Crippen LogP contribution in [0.5, 0.6) is 0 Å². The van der Waals surface area contributed by atoms with E-state index in [0.29, 0.717) is 0 Å². The first-order valence-electron chi connectivity index (χ1n) is 5.81. The van der Waals surface area contributed by atoms with Crippen LogP contribution in [0.15, 0.2) is 48.1 Å². The van der Waals surface area contributed by atoms with Crippen molar-refractivity contribution in [2.24, 2.45) is 5.73 Å². The third kappa shape index (κ3) is 2.07. The number of nitrogens with two attached hydrogens (primary N) is 1. The van der Waals surface area contributed by atoms with Gasteiger partial charge in [-0.15, -0.1) is 0 Å². The zero-order valence-electron chi connectivity index (χ0n) is 10.5. The molecule has 2 unspecified atom stereocenters. The van der Waals surface area contributed by atoms with Gasteiger partial charge in [-0.1, -0.05) is 35.9 Å². The lowest BCUT2D eigenvalue weighted by molar-refractivity contribution is -0.539. The predicted molar refractivity (Wildman–Crippen MR) is 70.7 cm³/mol. The van der Waals surface area contributed by atoms with Gasteiger partial charge in [-0.2, -0.15) is 0 Å². The minimum Gasteiger partial charge on any atom is -0.262 e. The van der Waals surface area contributed by atoms with E-state index >= 15 is 0 Å². The fraction of sp³-hybridized carbons (Fsp3) is 0.286. The molecule has 4 heteroatoms. The van der Waals surface area contributed by atoms with Crippen LogP contribution in [0.3, 0.4) is 0 Å². The van der Waals surface area contributed by atoms with Gasteiger partial charge in [-0.05, 0) is 25.0 Å². The second-order valence-corrected chi connectivity index (χ2v) is 4.73. The summed E-state index contributed by atoms with van der Waals surface area (Å²) in [6.07, 6.45) is 4.82. The van der Waals surface area contributed by atoms with Crippen molar-refractivity contribution in [3.8, 4) is 0 Å². The summed E-state index contributed by atoms with van der Waals surface area (Å²) in [6, 6.07) is 8.03. The summed E-state index contributed by atoms with van der Waals surface area (Å²) in [4.78, 5) is 10.4. The van der Waals surface area contributed by atoms with Crippen LogP contribution in [0.4, 0.5) is 0 Å². The molecule has 0 amide bonds. The molecular weight excluding hydrogens is 228 g/mol. The van der Waals surface area contributed by atoms with Gasteiger partial charge in [-0.25, -0.2) is 0 Å². The van der Waals surface area contributed by atoms with Gasteiger partial charge in [0, 0.05) is 18.1 Å². The normalized spacial score (nSPS) is 26.8. The van der Waals surface area contributed by atoms with Crippen molar-refractivity contribution in [2.75, 3.05) is 0 Å². The molecule has 0 saturated heterocycles. The largest absolute Gasteiger partial charge is 0.310 e. The zero-order chi connectivity index (χ0) is 13.3. The molecule has 0 aliphatic heterocycles. The third-order valence-electron chi connectivity index (χ3n) is 3.34. The Morgan fingerprint density at radius 3 is 2.56 bits per heavy atom. The number of nitro groups is 1. The average molecular weight is 244 g/mol. The van der Waals surface area contributed by atoms with Crippen LogP contribution < -0.4 is 5.73 Å². The number of aryl methyl sites for hydroxylation is 1. The Kier molecular flexibility index (Phi) is 3.05. The smallest absolute Gasteiger partial charge is 0.262 e. The first kappa shape index (κ1) is 12.5. The highest BCUT2D eigenvalue weighted by molar-refractivity contribution is 5.42. The molecule has 1 aromatic carbocycles. The maximum atomic E-state index is 10.9. The van der Waals surface area contributed by atoms with Crippen molar-refractivity contribution < 1.29 is 4.92 Å². The lowest BCUT2D eigenvalue weighted by Gasteiger charge is -2.24. The second kappa shape index (κ2) is 4.38. The fourth-order valence-corrected chi connectivity index (χ4v) is 2.30. The average Bonchev–Trinajstić information content (AvgIpc) is 2.30. The molecule has 0 aromatic heterocycles. The number of allylic oxidation sites excluding steroid dienone is 2. The molecule has 1 aromatic rings. The maximum Gasteiger partial charge on any atom is 0.310 e. The number of rotatable bonds is 2. The van der Waals surface area contributed by atoms with Crippen LogP contribution >= 0.6 is 0 Å². The maximum absolute atomic E-state index is 10.9. The van der Waals surface area contributed by atoms with Crippen LogP contribution in [0, 0.1) is 17.0 Å². The summed E-state index contributed by atoms with van der Waals surface area (Å²) in [6.45, 7) is 3.92. The van der Waals surface area contributed by atoms with Gasteiger partial charge >= 0.3 is 5.66 Å². The van der Waals surface area contributed by atoms with E-state index < -0.39 is 10.6 Å². The van der Waals surface area contributed by atoms with Crippen molar-refractivity contribution in [3.05, 3.63) is 69.3 Å². The molecule has 0 spiro atoms. The van der Waals surface area contributed by atoms with E-state index in [1.54, 1.807) is 0 Å². The third-order valence-corrected chi connectivity index (χ3v) is 3.34. The van der Waals surface area contributed by atoms with Gasteiger partial charge in [0.25, 0.3) is 0 Å². The topological polar surface area (TPSA) is 69.2 Å². The van der Waals surface area contributed by atoms with E-state index in [0.717, 1.165) is 11.1 Å². The van der Waals surface area contributed by atoms with E-state index in [9.17, 15) is 10.1 Å². The predicted octanol–water partition coefficient (Wildman–Crippen LogP) is 2.53. The standard InChI is InChI=1S/C14H16N2O2/c1-10-5-3-4-6-12(10)13-7-8-14(15,16(17)18)9-11(13)2/h3-9,13H,15H2,1-2H3. The van der Waals surface area contributed by atoms with Crippen molar-refractivity contribution >= 4 is 0 Å². The van der Waals surface area contributed by atoms with Crippen LogP contribution in [0.2, 0.25) is 0 Å². The molecule has 18 heavy (non-hydrogen) atoms. The minimum atomic E-state index is -1.57.